The van der Waals surface area contributed by atoms with Gasteiger partial charge in [-0.25, -0.2) is 0 Å². The summed E-state index contributed by atoms with van der Waals surface area (Å²) >= 11 is 1.50. The van der Waals surface area contributed by atoms with E-state index >= 15 is 0 Å². The molecular weight excluding hydrogens is 404 g/mol. The Morgan fingerprint density at radius 3 is 2.42 bits per heavy atom. The Labute approximate surface area is 184 Å². The first-order valence-corrected chi connectivity index (χ1v) is 11.0. The van der Waals surface area contributed by atoms with E-state index in [1.807, 2.05) is 41.8 Å². The lowest BCUT2D eigenvalue weighted by Gasteiger charge is -2.13. The Hall–Kier alpha value is -3.70. The highest BCUT2D eigenvalue weighted by atomic mass is 32.1. The maximum atomic E-state index is 13.2. The third kappa shape index (κ3) is 3.88. The molecule has 2 amide bonds. The molecule has 0 fully saturated rings. The van der Waals surface area contributed by atoms with Crippen LogP contribution in [0.3, 0.4) is 0 Å². The first-order chi connectivity index (χ1) is 15.2. The lowest BCUT2D eigenvalue weighted by molar-refractivity contribution is -0.113. The highest BCUT2D eigenvalue weighted by molar-refractivity contribution is 7.10. The smallest absolute Gasteiger partial charge is 0.272 e. The Bertz CT molecular complexity index is 1300. The number of hydrogen-bond donors (Lipinski definition) is 2. The number of benzene rings is 3. The van der Waals surface area contributed by atoms with Crippen molar-refractivity contribution < 1.29 is 9.59 Å². The number of hydrogen-bond acceptors (Lipinski definition) is 3. The van der Waals surface area contributed by atoms with Crippen molar-refractivity contribution in [1.29, 1.82) is 0 Å². The predicted octanol–water partition coefficient (Wildman–Crippen LogP) is 5.41. The monoisotopic (exact) mass is 424 g/mol. The molecule has 0 atom stereocenters. The van der Waals surface area contributed by atoms with Crippen molar-refractivity contribution in [3.8, 4) is 0 Å². The minimum Gasteiger partial charge on any atom is -0.320 e. The number of carbonyl (C=O) groups is 2. The van der Waals surface area contributed by atoms with Crippen molar-refractivity contribution in [2.75, 3.05) is 5.32 Å². The van der Waals surface area contributed by atoms with Crippen molar-refractivity contribution in [3.05, 3.63) is 105 Å². The topological polar surface area (TPSA) is 58.2 Å². The summed E-state index contributed by atoms with van der Waals surface area (Å²) in [6.07, 6.45) is 3.77. The van der Waals surface area contributed by atoms with Gasteiger partial charge in [0.25, 0.3) is 11.8 Å². The fourth-order valence-electron chi connectivity index (χ4n) is 4.00. The largest absolute Gasteiger partial charge is 0.320 e. The molecule has 152 valence electrons. The first-order valence-electron chi connectivity index (χ1n) is 10.2. The summed E-state index contributed by atoms with van der Waals surface area (Å²) in [5.41, 5.74) is 4.08. The number of carbonyl (C=O) groups excluding carboxylic acids is 2. The lowest BCUT2D eigenvalue weighted by atomic mass is 10.0. The van der Waals surface area contributed by atoms with Crippen LogP contribution in [-0.2, 0) is 17.6 Å². The molecule has 0 saturated carbocycles. The second-order valence-electron chi connectivity index (χ2n) is 7.46. The summed E-state index contributed by atoms with van der Waals surface area (Å²) in [6, 6.07) is 22.9. The van der Waals surface area contributed by atoms with Crippen LogP contribution in [0.4, 0.5) is 5.69 Å². The fraction of sp³-hybridized carbons (Fsp3) is 0.0769. The van der Waals surface area contributed by atoms with Crippen LogP contribution in [0.2, 0.25) is 0 Å². The number of rotatable bonds is 5. The lowest BCUT2D eigenvalue weighted by Crippen LogP contribution is -2.30. The van der Waals surface area contributed by atoms with Crippen molar-refractivity contribution in [2.45, 2.75) is 12.8 Å². The van der Waals surface area contributed by atoms with E-state index in [2.05, 4.69) is 22.8 Å². The van der Waals surface area contributed by atoms with Crippen LogP contribution in [0.1, 0.15) is 26.4 Å². The minimum atomic E-state index is -0.351. The molecule has 5 rings (SSSR count). The van der Waals surface area contributed by atoms with Crippen molar-refractivity contribution in [3.63, 3.8) is 0 Å². The first kappa shape index (κ1) is 19.3. The Balaban J connectivity index is 1.47. The fourth-order valence-corrected chi connectivity index (χ4v) is 4.66. The summed E-state index contributed by atoms with van der Waals surface area (Å²) < 4.78 is 0. The van der Waals surface area contributed by atoms with Crippen LogP contribution in [0, 0.1) is 0 Å². The Kier molecular flexibility index (Phi) is 5.10. The quantitative estimate of drug-likeness (QED) is 0.421. The van der Waals surface area contributed by atoms with Crippen LogP contribution in [-0.4, -0.2) is 11.8 Å². The maximum absolute atomic E-state index is 13.2. The number of thiophene rings is 1. The van der Waals surface area contributed by atoms with E-state index in [9.17, 15) is 9.59 Å². The predicted molar refractivity (Wildman–Crippen MR) is 126 cm³/mol. The van der Waals surface area contributed by atoms with Gasteiger partial charge >= 0.3 is 0 Å². The van der Waals surface area contributed by atoms with E-state index < -0.39 is 0 Å². The SMILES string of the molecule is O=C(Nc1ccc2c3c(cccc13)CC2)/C(=C/c1cccs1)NC(=O)c1ccccc1. The standard InChI is InChI=1S/C26H20N2O2S/c29-25(19-6-2-1-3-7-19)28-23(16-20-9-5-15-31-20)26(30)27-22-14-13-18-12-11-17-8-4-10-21(22)24(17)18/h1-10,13-16H,11-12H2,(H,27,30)(H,28,29)/b23-16-. The zero-order valence-corrected chi connectivity index (χ0v) is 17.5. The van der Waals surface area contributed by atoms with Crippen molar-refractivity contribution >= 4 is 45.7 Å². The van der Waals surface area contributed by atoms with Gasteiger partial charge in [0, 0.05) is 21.5 Å². The number of anilines is 1. The Morgan fingerprint density at radius 1 is 0.839 bits per heavy atom. The molecule has 3 aromatic carbocycles. The summed E-state index contributed by atoms with van der Waals surface area (Å²) in [4.78, 5) is 26.9. The molecule has 4 nitrogen and oxygen atoms in total. The van der Waals surface area contributed by atoms with Crippen molar-refractivity contribution in [1.82, 2.24) is 5.32 Å². The minimum absolute atomic E-state index is 0.208. The second-order valence-corrected chi connectivity index (χ2v) is 8.44. The van der Waals surface area contributed by atoms with Gasteiger partial charge in [0.2, 0.25) is 0 Å². The van der Waals surface area contributed by atoms with Gasteiger partial charge in [-0.15, -0.1) is 11.3 Å². The zero-order valence-electron chi connectivity index (χ0n) is 16.7. The molecule has 0 spiro atoms. The molecule has 5 heteroatoms. The van der Waals surface area contributed by atoms with E-state index in [0.29, 0.717) is 5.56 Å². The number of aryl methyl sites for hydroxylation is 2. The van der Waals surface area contributed by atoms with Gasteiger partial charge in [0.1, 0.15) is 5.70 Å². The number of amides is 2. The highest BCUT2D eigenvalue weighted by Crippen LogP contribution is 2.35. The molecule has 1 heterocycles. The van der Waals surface area contributed by atoms with Gasteiger partial charge < -0.3 is 10.6 Å². The highest BCUT2D eigenvalue weighted by Gasteiger charge is 2.19. The zero-order chi connectivity index (χ0) is 21.2. The molecule has 0 bridgehead atoms. The van der Waals surface area contributed by atoms with Crippen LogP contribution in [0.5, 0.6) is 0 Å². The third-order valence-corrected chi connectivity index (χ3v) is 6.30. The molecular formula is C26H20N2O2S. The average molecular weight is 425 g/mol. The van der Waals surface area contributed by atoms with Crippen LogP contribution in [0.15, 0.2) is 83.9 Å². The maximum Gasteiger partial charge on any atom is 0.272 e. The van der Waals surface area contributed by atoms with Gasteiger partial charge in [0.05, 0.1) is 0 Å². The van der Waals surface area contributed by atoms with E-state index in [1.165, 1.54) is 27.8 Å². The third-order valence-electron chi connectivity index (χ3n) is 5.48. The van der Waals surface area contributed by atoms with E-state index in [4.69, 9.17) is 0 Å². The average Bonchev–Trinajstić information content (AvgIpc) is 3.46. The summed E-state index contributed by atoms with van der Waals surface area (Å²) in [5, 5.41) is 10.0. The summed E-state index contributed by atoms with van der Waals surface area (Å²) in [5.74, 6) is -0.671. The van der Waals surface area contributed by atoms with Gasteiger partial charge in [0.15, 0.2) is 0 Å². The summed E-state index contributed by atoms with van der Waals surface area (Å²) in [6.45, 7) is 0. The normalized spacial score (nSPS) is 12.7. The molecule has 1 aliphatic carbocycles. The van der Waals surface area contributed by atoms with E-state index in [1.54, 1.807) is 30.3 Å². The van der Waals surface area contributed by atoms with E-state index in [-0.39, 0.29) is 17.5 Å². The number of nitrogens with one attached hydrogen (secondary N) is 2. The molecule has 2 N–H and O–H groups in total. The molecule has 0 unspecified atom stereocenters. The van der Waals surface area contributed by atoms with Gasteiger partial charge in [-0.1, -0.05) is 48.5 Å². The molecule has 31 heavy (non-hydrogen) atoms. The molecule has 0 aliphatic heterocycles. The molecule has 1 aromatic heterocycles. The van der Waals surface area contributed by atoms with Gasteiger partial charge in [-0.2, -0.15) is 0 Å². The van der Waals surface area contributed by atoms with Crippen molar-refractivity contribution in [2.24, 2.45) is 0 Å². The van der Waals surface area contributed by atoms with Crippen LogP contribution in [0.25, 0.3) is 16.8 Å². The van der Waals surface area contributed by atoms with Crippen LogP contribution >= 0.6 is 11.3 Å². The van der Waals surface area contributed by atoms with E-state index in [0.717, 1.165) is 28.8 Å². The summed E-state index contributed by atoms with van der Waals surface area (Å²) in [7, 11) is 0. The Morgan fingerprint density at radius 2 is 1.65 bits per heavy atom. The van der Waals surface area contributed by atoms with Crippen LogP contribution < -0.4 is 10.6 Å². The second kappa shape index (κ2) is 8.20. The molecule has 0 saturated heterocycles. The molecule has 0 radical (unpaired) electrons. The molecule has 4 aromatic rings. The van der Waals surface area contributed by atoms with Gasteiger partial charge in [-0.05, 0) is 65.1 Å². The van der Waals surface area contributed by atoms with Gasteiger partial charge in [-0.3, -0.25) is 9.59 Å². The molecule has 1 aliphatic rings.